The number of hydrogen-bond donors (Lipinski definition) is 4. The number of carbonyl (C=O) groups is 2. The fourth-order valence-corrected chi connectivity index (χ4v) is 8.03. The van der Waals surface area contributed by atoms with Crippen LogP contribution in [-0.4, -0.2) is 104 Å². The first kappa shape index (κ1) is 36.2. The van der Waals surface area contributed by atoms with Crippen LogP contribution >= 0.6 is 0 Å². The van der Waals surface area contributed by atoms with Gasteiger partial charge in [0.1, 0.15) is 5.75 Å². The van der Waals surface area contributed by atoms with Gasteiger partial charge in [-0.15, -0.1) is 0 Å². The number of carboxylic acids is 1. The summed E-state index contributed by atoms with van der Waals surface area (Å²) in [5.41, 5.74) is 2.89. The van der Waals surface area contributed by atoms with Gasteiger partial charge in [0.25, 0.3) is 6.47 Å². The van der Waals surface area contributed by atoms with E-state index in [0.29, 0.717) is 62.5 Å². The highest BCUT2D eigenvalue weighted by molar-refractivity contribution is 5.66. The molecule has 44 heavy (non-hydrogen) atoms. The first-order chi connectivity index (χ1) is 21.2. The van der Waals surface area contributed by atoms with Gasteiger partial charge in [-0.1, -0.05) is 25.8 Å². The lowest BCUT2D eigenvalue weighted by atomic mass is 9.52. The van der Waals surface area contributed by atoms with Crippen molar-refractivity contribution in [3.05, 3.63) is 29.3 Å². The summed E-state index contributed by atoms with van der Waals surface area (Å²) in [7, 11) is 2.15. The number of hydrogen-bond acceptors (Lipinski definition) is 8. The maximum atomic E-state index is 10.9. The lowest BCUT2D eigenvalue weighted by Gasteiger charge is -2.53. The van der Waals surface area contributed by atoms with Crippen molar-refractivity contribution in [3.63, 3.8) is 0 Å². The zero-order valence-electron chi connectivity index (χ0n) is 26.7. The molecule has 1 aromatic rings. The molecule has 0 heterocycles. The topological polar surface area (TPSA) is 146 Å². The van der Waals surface area contributed by atoms with Crippen LogP contribution in [0.4, 0.5) is 0 Å². The van der Waals surface area contributed by atoms with Crippen LogP contribution in [0, 0.1) is 23.2 Å². The molecular weight excluding hydrogens is 566 g/mol. The molecule has 0 aliphatic heterocycles. The molecule has 2 fully saturated rings. The molecule has 0 amide bonds. The maximum absolute atomic E-state index is 10.9. The van der Waals surface area contributed by atoms with Gasteiger partial charge in [0.05, 0.1) is 52.2 Å². The molecular formula is C34H55NO9. The Bertz CT molecular complexity index is 1010. The summed E-state index contributed by atoms with van der Waals surface area (Å²) >= 11 is 0. The maximum Gasteiger partial charge on any atom is 0.305 e. The SMILES string of the molecule is CN(CCCCC[C@@H]1Cc2cc(O)ccc2[C@H]2CC[C@]3(C)[C@@H](O)CC[C@H]3[C@H]12)CCOCCOCCOCCC(=O)O.O=CO. The lowest BCUT2D eigenvalue weighted by Crippen LogP contribution is -2.47. The fourth-order valence-electron chi connectivity index (χ4n) is 8.03. The summed E-state index contributed by atoms with van der Waals surface area (Å²) in [5, 5.41) is 36.5. The lowest BCUT2D eigenvalue weighted by molar-refractivity contribution is -0.138. The predicted molar refractivity (Wildman–Crippen MR) is 167 cm³/mol. The summed E-state index contributed by atoms with van der Waals surface area (Å²) in [4.78, 5) is 21.1. The standard InChI is InChI=1S/C33H53NO7.CH2O2/c1-33-13-11-28-27-8-7-26(35)23-25(27)22-24(32(28)29(33)9-10-30(33)36)6-4-3-5-14-34(2)15-17-40-19-21-41-20-18-39-16-12-31(37)38;2-1-3/h7-8,23-24,28-30,32,35-36H,3-6,9-22H2,1-2H3,(H,37,38);1H,(H,2,3)/t24-,28-,29+,30+,32-,33+;/m1./s1. The third-order valence-corrected chi connectivity index (χ3v) is 10.3. The molecule has 10 nitrogen and oxygen atoms in total. The quantitative estimate of drug-likeness (QED) is 0.136. The highest BCUT2D eigenvalue weighted by Crippen LogP contribution is 2.62. The van der Waals surface area contributed by atoms with Crippen molar-refractivity contribution in [2.45, 2.75) is 83.2 Å². The van der Waals surface area contributed by atoms with Crippen LogP contribution in [0.3, 0.4) is 0 Å². The monoisotopic (exact) mass is 621 g/mol. The molecule has 0 saturated heterocycles. The van der Waals surface area contributed by atoms with Gasteiger partial charge >= 0.3 is 5.97 Å². The van der Waals surface area contributed by atoms with E-state index in [1.807, 2.05) is 12.1 Å². The average molecular weight is 622 g/mol. The van der Waals surface area contributed by atoms with Crippen molar-refractivity contribution < 1.29 is 44.2 Å². The van der Waals surface area contributed by atoms with Crippen LogP contribution in [-0.2, 0) is 30.2 Å². The van der Waals surface area contributed by atoms with Crippen LogP contribution in [0.1, 0.15) is 81.8 Å². The Morgan fingerprint density at radius 2 is 1.68 bits per heavy atom. The van der Waals surface area contributed by atoms with Gasteiger partial charge in [0, 0.05) is 6.54 Å². The zero-order chi connectivity index (χ0) is 32.0. The van der Waals surface area contributed by atoms with E-state index in [4.69, 9.17) is 29.2 Å². The third kappa shape index (κ3) is 10.4. The number of unbranched alkanes of at least 4 members (excludes halogenated alkanes) is 2. The summed E-state index contributed by atoms with van der Waals surface area (Å²) in [6, 6.07) is 6.06. The molecule has 0 spiro atoms. The van der Waals surface area contributed by atoms with Gasteiger partial charge in [-0.25, -0.2) is 0 Å². The summed E-state index contributed by atoms with van der Waals surface area (Å²) in [6.45, 7) is 6.86. The van der Waals surface area contributed by atoms with Gasteiger partial charge in [0.15, 0.2) is 0 Å². The molecule has 2 saturated carbocycles. The number of aliphatic carboxylic acids is 1. The Balaban J connectivity index is 0.00000169. The van der Waals surface area contributed by atoms with E-state index in [0.717, 1.165) is 45.2 Å². The third-order valence-electron chi connectivity index (χ3n) is 10.3. The second-order valence-corrected chi connectivity index (χ2v) is 13.0. The van der Waals surface area contributed by atoms with Crippen molar-refractivity contribution in [1.82, 2.24) is 4.90 Å². The number of likely N-dealkylation sites (N-methyl/N-ethyl adjacent to an activating group) is 1. The molecule has 1 aromatic carbocycles. The minimum absolute atomic E-state index is 0.0187. The zero-order valence-corrected chi connectivity index (χ0v) is 26.7. The minimum Gasteiger partial charge on any atom is -0.508 e. The normalized spacial score (nSPS) is 27.1. The first-order valence-electron chi connectivity index (χ1n) is 16.4. The molecule has 3 aliphatic carbocycles. The summed E-state index contributed by atoms with van der Waals surface area (Å²) < 4.78 is 16.3. The van der Waals surface area contributed by atoms with E-state index in [1.165, 1.54) is 36.8 Å². The Kier molecular flexibility index (Phi) is 15.4. The van der Waals surface area contributed by atoms with E-state index in [9.17, 15) is 15.0 Å². The van der Waals surface area contributed by atoms with Crippen molar-refractivity contribution in [1.29, 1.82) is 0 Å². The van der Waals surface area contributed by atoms with Crippen molar-refractivity contribution in [2.24, 2.45) is 23.2 Å². The Labute approximate surface area is 262 Å². The number of aromatic hydroxyl groups is 1. The van der Waals surface area contributed by atoms with Crippen molar-refractivity contribution in [2.75, 3.05) is 59.8 Å². The van der Waals surface area contributed by atoms with Gasteiger partial charge in [-0.05, 0) is 111 Å². The molecule has 6 atom stereocenters. The number of phenolic OH excluding ortho intramolecular Hbond substituents is 1. The summed E-state index contributed by atoms with van der Waals surface area (Å²) in [5.74, 6) is 1.99. The van der Waals surface area contributed by atoms with E-state index in [2.05, 4.69) is 24.9 Å². The number of phenols is 1. The number of nitrogens with zero attached hydrogens (tertiary/aromatic N) is 1. The predicted octanol–water partition coefficient (Wildman–Crippen LogP) is 4.55. The molecule has 0 bridgehead atoms. The highest BCUT2D eigenvalue weighted by Gasteiger charge is 2.56. The Morgan fingerprint density at radius 1 is 1.00 bits per heavy atom. The molecule has 0 aromatic heterocycles. The molecule has 10 heteroatoms. The van der Waals surface area contributed by atoms with E-state index in [1.54, 1.807) is 0 Å². The number of aliphatic hydroxyl groups is 1. The van der Waals surface area contributed by atoms with E-state index < -0.39 is 5.97 Å². The van der Waals surface area contributed by atoms with Gasteiger partial charge in [-0.3, -0.25) is 9.59 Å². The number of rotatable bonds is 18. The molecule has 0 unspecified atom stereocenters. The number of ether oxygens (including phenoxy) is 3. The van der Waals surface area contributed by atoms with Gasteiger partial charge in [0.2, 0.25) is 0 Å². The van der Waals surface area contributed by atoms with Gasteiger partial charge < -0.3 is 39.5 Å². The molecule has 0 radical (unpaired) electrons. The molecule has 4 N–H and O–H groups in total. The minimum atomic E-state index is -0.853. The van der Waals surface area contributed by atoms with Crippen molar-refractivity contribution in [3.8, 4) is 5.75 Å². The second kappa shape index (κ2) is 18.7. The Morgan fingerprint density at radius 3 is 2.39 bits per heavy atom. The smallest absolute Gasteiger partial charge is 0.305 e. The molecule has 4 rings (SSSR count). The van der Waals surface area contributed by atoms with Crippen LogP contribution < -0.4 is 0 Å². The summed E-state index contributed by atoms with van der Waals surface area (Å²) in [6.07, 6.45) is 10.2. The molecule has 3 aliphatic rings. The van der Waals surface area contributed by atoms with Crippen LogP contribution in [0.5, 0.6) is 5.75 Å². The van der Waals surface area contributed by atoms with E-state index in [-0.39, 0.29) is 31.0 Å². The average Bonchev–Trinajstić information content (AvgIpc) is 3.29. The van der Waals surface area contributed by atoms with Crippen LogP contribution in [0.2, 0.25) is 0 Å². The number of benzene rings is 1. The van der Waals surface area contributed by atoms with E-state index >= 15 is 0 Å². The first-order valence-corrected chi connectivity index (χ1v) is 16.4. The second-order valence-electron chi connectivity index (χ2n) is 13.0. The highest BCUT2D eigenvalue weighted by atomic mass is 16.5. The number of carboxylic acid groups (broad SMARTS) is 2. The number of aliphatic hydroxyl groups excluding tert-OH is 1. The van der Waals surface area contributed by atoms with Gasteiger partial charge in [-0.2, -0.15) is 0 Å². The molecule has 250 valence electrons. The van der Waals surface area contributed by atoms with Crippen LogP contribution in [0.15, 0.2) is 18.2 Å². The fraction of sp³-hybridized carbons (Fsp3) is 0.765. The largest absolute Gasteiger partial charge is 0.508 e. The van der Waals surface area contributed by atoms with Crippen molar-refractivity contribution >= 4 is 12.4 Å². The van der Waals surface area contributed by atoms with Crippen LogP contribution in [0.25, 0.3) is 0 Å². The Hall–Kier alpha value is -2.24. The number of fused-ring (bicyclic) bond motifs is 5.